The molecule has 0 aromatic heterocycles. The SMILES string of the molecule is COCC(C)OCC(O)CNC1CCC(C)(C)CC1. The van der Waals surface area contributed by atoms with Crippen LogP contribution in [0.2, 0.25) is 0 Å². The lowest BCUT2D eigenvalue weighted by Gasteiger charge is -2.35. The third kappa shape index (κ3) is 7.25. The lowest BCUT2D eigenvalue weighted by atomic mass is 9.75. The number of hydrogen-bond acceptors (Lipinski definition) is 4. The van der Waals surface area contributed by atoms with Crippen LogP contribution in [0.1, 0.15) is 46.5 Å². The molecule has 1 aliphatic carbocycles. The van der Waals surface area contributed by atoms with Crippen molar-refractivity contribution in [1.29, 1.82) is 0 Å². The molecule has 0 amide bonds. The quantitative estimate of drug-likeness (QED) is 0.710. The number of ether oxygens (including phenoxy) is 2. The van der Waals surface area contributed by atoms with E-state index in [1.807, 2.05) is 6.92 Å². The summed E-state index contributed by atoms with van der Waals surface area (Å²) in [6, 6.07) is 0.555. The van der Waals surface area contributed by atoms with Gasteiger partial charge in [-0.25, -0.2) is 0 Å². The second-order valence-electron chi connectivity index (χ2n) is 6.60. The van der Waals surface area contributed by atoms with Gasteiger partial charge in [0.25, 0.3) is 0 Å². The van der Waals surface area contributed by atoms with Crippen molar-refractivity contribution in [1.82, 2.24) is 5.32 Å². The normalized spacial score (nSPS) is 23.2. The topological polar surface area (TPSA) is 50.7 Å². The molecule has 0 radical (unpaired) electrons. The van der Waals surface area contributed by atoms with Crippen LogP contribution < -0.4 is 5.32 Å². The van der Waals surface area contributed by atoms with Gasteiger partial charge >= 0.3 is 0 Å². The Balaban J connectivity index is 2.08. The van der Waals surface area contributed by atoms with Crippen LogP contribution in [0.25, 0.3) is 0 Å². The molecular formula is C15H31NO3. The minimum absolute atomic E-state index is 0.0372. The van der Waals surface area contributed by atoms with Crippen LogP contribution in [0.5, 0.6) is 0 Å². The molecule has 2 atom stereocenters. The number of hydrogen-bond donors (Lipinski definition) is 2. The third-order valence-electron chi connectivity index (χ3n) is 3.96. The van der Waals surface area contributed by atoms with E-state index >= 15 is 0 Å². The minimum Gasteiger partial charge on any atom is -0.389 e. The first kappa shape index (κ1) is 16.9. The van der Waals surface area contributed by atoms with E-state index in [9.17, 15) is 5.11 Å². The first-order chi connectivity index (χ1) is 8.93. The van der Waals surface area contributed by atoms with E-state index in [4.69, 9.17) is 9.47 Å². The van der Waals surface area contributed by atoms with Crippen LogP contribution >= 0.6 is 0 Å². The van der Waals surface area contributed by atoms with Gasteiger partial charge in [0, 0.05) is 19.7 Å². The van der Waals surface area contributed by atoms with Gasteiger partial charge in [-0.3, -0.25) is 0 Å². The molecule has 0 bridgehead atoms. The molecule has 1 saturated carbocycles. The molecular weight excluding hydrogens is 242 g/mol. The van der Waals surface area contributed by atoms with Gasteiger partial charge in [0.15, 0.2) is 0 Å². The molecule has 4 heteroatoms. The summed E-state index contributed by atoms with van der Waals surface area (Å²) in [5.41, 5.74) is 0.496. The number of nitrogens with one attached hydrogen (secondary N) is 1. The van der Waals surface area contributed by atoms with Crippen molar-refractivity contribution in [3.05, 3.63) is 0 Å². The molecule has 2 unspecified atom stereocenters. The van der Waals surface area contributed by atoms with Crippen molar-refractivity contribution in [2.75, 3.05) is 26.9 Å². The Bertz CT molecular complexity index is 236. The van der Waals surface area contributed by atoms with Crippen LogP contribution in [0.15, 0.2) is 0 Å². The average molecular weight is 273 g/mol. The van der Waals surface area contributed by atoms with Crippen molar-refractivity contribution in [3.8, 4) is 0 Å². The zero-order valence-electron chi connectivity index (χ0n) is 12.9. The van der Waals surface area contributed by atoms with Crippen LogP contribution in [-0.4, -0.2) is 50.2 Å². The number of aliphatic hydroxyl groups excluding tert-OH is 1. The molecule has 1 aliphatic rings. The highest BCUT2D eigenvalue weighted by atomic mass is 16.5. The predicted octanol–water partition coefficient (Wildman–Crippen LogP) is 1.96. The largest absolute Gasteiger partial charge is 0.389 e. The van der Waals surface area contributed by atoms with Gasteiger partial charge in [0.2, 0.25) is 0 Å². The summed E-state index contributed by atoms with van der Waals surface area (Å²) < 4.78 is 10.5. The highest BCUT2D eigenvalue weighted by molar-refractivity contribution is 4.82. The second kappa shape index (κ2) is 8.20. The van der Waals surface area contributed by atoms with E-state index in [-0.39, 0.29) is 6.10 Å². The first-order valence-corrected chi connectivity index (χ1v) is 7.45. The Morgan fingerprint density at radius 2 is 1.89 bits per heavy atom. The maximum atomic E-state index is 9.87. The van der Waals surface area contributed by atoms with E-state index in [0.717, 1.165) is 0 Å². The summed E-state index contributed by atoms with van der Waals surface area (Å²) in [6.07, 6.45) is 4.55. The van der Waals surface area contributed by atoms with Gasteiger partial charge in [-0.1, -0.05) is 13.8 Å². The monoisotopic (exact) mass is 273 g/mol. The van der Waals surface area contributed by atoms with Gasteiger partial charge < -0.3 is 19.9 Å². The molecule has 0 saturated heterocycles. The highest BCUT2D eigenvalue weighted by Gasteiger charge is 2.26. The molecule has 114 valence electrons. The Morgan fingerprint density at radius 1 is 1.26 bits per heavy atom. The summed E-state index contributed by atoms with van der Waals surface area (Å²) in [4.78, 5) is 0. The van der Waals surface area contributed by atoms with Gasteiger partial charge in [0.05, 0.1) is 25.4 Å². The molecule has 19 heavy (non-hydrogen) atoms. The van der Waals surface area contributed by atoms with Crippen LogP contribution in [-0.2, 0) is 9.47 Å². The maximum Gasteiger partial charge on any atom is 0.0897 e. The zero-order valence-corrected chi connectivity index (χ0v) is 12.9. The third-order valence-corrected chi connectivity index (χ3v) is 3.96. The van der Waals surface area contributed by atoms with Crippen LogP contribution in [0.4, 0.5) is 0 Å². The smallest absolute Gasteiger partial charge is 0.0897 e. The van der Waals surface area contributed by atoms with E-state index in [1.165, 1.54) is 25.7 Å². The highest BCUT2D eigenvalue weighted by Crippen LogP contribution is 2.34. The van der Waals surface area contributed by atoms with E-state index in [2.05, 4.69) is 19.2 Å². The lowest BCUT2D eigenvalue weighted by molar-refractivity contribution is -0.0320. The maximum absolute atomic E-state index is 9.87. The van der Waals surface area contributed by atoms with Crippen molar-refractivity contribution in [2.45, 2.75) is 64.7 Å². The first-order valence-electron chi connectivity index (χ1n) is 7.45. The van der Waals surface area contributed by atoms with Crippen molar-refractivity contribution >= 4 is 0 Å². The lowest BCUT2D eigenvalue weighted by Crippen LogP contribution is -2.41. The fraction of sp³-hybridized carbons (Fsp3) is 1.00. The standard InChI is InChI=1S/C15H31NO3/c1-12(10-18-4)19-11-14(17)9-16-13-5-7-15(2,3)8-6-13/h12-14,16-17H,5-11H2,1-4H3. The number of methoxy groups -OCH3 is 1. The Labute approximate surface area is 117 Å². The fourth-order valence-electron chi connectivity index (χ4n) is 2.52. The summed E-state index contributed by atoms with van der Waals surface area (Å²) in [6.45, 7) is 8.18. The van der Waals surface area contributed by atoms with Crippen molar-refractivity contribution < 1.29 is 14.6 Å². The summed E-state index contributed by atoms with van der Waals surface area (Å²) >= 11 is 0. The summed E-state index contributed by atoms with van der Waals surface area (Å²) in [5, 5.41) is 13.3. The molecule has 4 nitrogen and oxygen atoms in total. The molecule has 1 fully saturated rings. The Morgan fingerprint density at radius 3 is 2.47 bits per heavy atom. The van der Waals surface area contributed by atoms with Crippen LogP contribution in [0.3, 0.4) is 0 Å². The van der Waals surface area contributed by atoms with Crippen molar-refractivity contribution in [3.63, 3.8) is 0 Å². The fourth-order valence-corrected chi connectivity index (χ4v) is 2.52. The molecule has 1 rings (SSSR count). The molecule has 0 aromatic carbocycles. The Kier molecular flexibility index (Phi) is 7.29. The number of aliphatic hydroxyl groups is 1. The molecule has 0 aliphatic heterocycles. The van der Waals surface area contributed by atoms with E-state index in [1.54, 1.807) is 7.11 Å². The van der Waals surface area contributed by atoms with Gasteiger partial charge in [-0.05, 0) is 38.0 Å². The molecule has 0 heterocycles. The Hall–Kier alpha value is -0.160. The molecule has 0 aromatic rings. The summed E-state index contributed by atoms with van der Waals surface area (Å²) in [7, 11) is 1.66. The average Bonchev–Trinajstić information content (AvgIpc) is 2.35. The van der Waals surface area contributed by atoms with E-state index < -0.39 is 6.10 Å². The molecule has 0 spiro atoms. The molecule has 2 N–H and O–H groups in total. The van der Waals surface area contributed by atoms with Crippen LogP contribution in [0, 0.1) is 5.41 Å². The predicted molar refractivity (Wildman–Crippen MR) is 77.3 cm³/mol. The second-order valence-corrected chi connectivity index (χ2v) is 6.60. The van der Waals surface area contributed by atoms with Gasteiger partial charge in [0.1, 0.15) is 0 Å². The van der Waals surface area contributed by atoms with E-state index in [0.29, 0.717) is 31.2 Å². The minimum atomic E-state index is -0.436. The van der Waals surface area contributed by atoms with Gasteiger partial charge in [-0.2, -0.15) is 0 Å². The number of rotatable bonds is 8. The zero-order chi connectivity index (χ0) is 14.3. The van der Waals surface area contributed by atoms with Crippen molar-refractivity contribution in [2.24, 2.45) is 5.41 Å². The van der Waals surface area contributed by atoms with Gasteiger partial charge in [-0.15, -0.1) is 0 Å². The summed E-state index contributed by atoms with van der Waals surface area (Å²) in [5.74, 6) is 0.